The molecule has 1 rings (SSSR count). The molecular weight excluding hydrogens is 260 g/mol. The number of ketones is 1. The number of aliphatic carboxylic acids is 1. The average Bonchev–Trinajstić information content (AvgIpc) is 2.44. The Labute approximate surface area is 117 Å². The molecule has 0 radical (unpaired) electrons. The molecule has 108 valence electrons. The summed E-state index contributed by atoms with van der Waals surface area (Å²) in [6, 6.07) is 4.76. The zero-order chi connectivity index (χ0) is 15.1. The first-order valence-corrected chi connectivity index (χ1v) is 6.28. The van der Waals surface area contributed by atoms with Crippen molar-refractivity contribution in [3.8, 4) is 11.5 Å². The van der Waals surface area contributed by atoms with E-state index in [2.05, 4.69) is 0 Å². The standard InChI is InChI=1S/C15H18O5/c1-4-10(2)20-13-7-5-11(9-14(13)19-3)12(16)6-8-15(17)18/h5-10H,4H2,1-3H3,(H,17,18). The van der Waals surface area contributed by atoms with Gasteiger partial charge in [-0.2, -0.15) is 0 Å². The highest BCUT2D eigenvalue weighted by Crippen LogP contribution is 2.29. The van der Waals surface area contributed by atoms with Gasteiger partial charge in [-0.15, -0.1) is 0 Å². The van der Waals surface area contributed by atoms with Crippen LogP contribution in [0.15, 0.2) is 30.4 Å². The van der Waals surface area contributed by atoms with Gasteiger partial charge in [0.05, 0.1) is 13.2 Å². The van der Waals surface area contributed by atoms with Crippen LogP contribution in [-0.2, 0) is 4.79 Å². The smallest absolute Gasteiger partial charge is 0.328 e. The molecule has 0 spiro atoms. The molecule has 0 heterocycles. The van der Waals surface area contributed by atoms with Gasteiger partial charge in [0.2, 0.25) is 0 Å². The van der Waals surface area contributed by atoms with Crippen LogP contribution in [0.3, 0.4) is 0 Å². The molecule has 1 N–H and O–H groups in total. The number of carbonyl (C=O) groups excluding carboxylic acids is 1. The maximum absolute atomic E-state index is 11.8. The second kappa shape index (κ2) is 7.33. The minimum atomic E-state index is -1.16. The van der Waals surface area contributed by atoms with E-state index in [1.54, 1.807) is 12.1 Å². The van der Waals surface area contributed by atoms with Crippen molar-refractivity contribution in [1.82, 2.24) is 0 Å². The molecule has 1 atom stereocenters. The Morgan fingerprint density at radius 3 is 2.55 bits per heavy atom. The summed E-state index contributed by atoms with van der Waals surface area (Å²) in [5.41, 5.74) is 0.343. The number of hydrogen-bond acceptors (Lipinski definition) is 4. The topological polar surface area (TPSA) is 72.8 Å². The van der Waals surface area contributed by atoms with Crippen molar-refractivity contribution in [3.63, 3.8) is 0 Å². The lowest BCUT2D eigenvalue weighted by Gasteiger charge is -2.15. The predicted molar refractivity (Wildman–Crippen MR) is 74.5 cm³/mol. The first kappa shape index (κ1) is 15.8. The molecule has 0 saturated heterocycles. The quantitative estimate of drug-likeness (QED) is 0.613. The van der Waals surface area contributed by atoms with E-state index < -0.39 is 11.8 Å². The van der Waals surface area contributed by atoms with Crippen LogP contribution in [0, 0.1) is 0 Å². The van der Waals surface area contributed by atoms with Crippen molar-refractivity contribution >= 4 is 11.8 Å². The third kappa shape index (κ3) is 4.42. The molecule has 0 bridgehead atoms. The number of carboxylic acid groups (broad SMARTS) is 1. The number of benzene rings is 1. The van der Waals surface area contributed by atoms with Crippen molar-refractivity contribution in [2.45, 2.75) is 26.4 Å². The van der Waals surface area contributed by atoms with Crippen LogP contribution < -0.4 is 9.47 Å². The molecule has 1 unspecified atom stereocenters. The van der Waals surface area contributed by atoms with Gasteiger partial charge in [0.15, 0.2) is 17.3 Å². The van der Waals surface area contributed by atoms with E-state index in [-0.39, 0.29) is 6.10 Å². The highest BCUT2D eigenvalue weighted by Gasteiger charge is 2.11. The summed E-state index contributed by atoms with van der Waals surface area (Å²) in [6.45, 7) is 3.94. The van der Waals surface area contributed by atoms with Crippen LogP contribution in [-0.4, -0.2) is 30.1 Å². The molecule has 5 heteroatoms. The average molecular weight is 278 g/mol. The first-order valence-electron chi connectivity index (χ1n) is 6.28. The number of ether oxygens (including phenoxy) is 2. The molecule has 0 aliphatic carbocycles. The van der Waals surface area contributed by atoms with E-state index in [9.17, 15) is 9.59 Å². The molecule has 0 aliphatic rings. The van der Waals surface area contributed by atoms with E-state index in [1.165, 1.54) is 13.2 Å². The predicted octanol–water partition coefficient (Wildman–Crippen LogP) is 2.70. The van der Waals surface area contributed by atoms with Gasteiger partial charge in [-0.05, 0) is 37.6 Å². The van der Waals surface area contributed by atoms with Crippen LogP contribution >= 0.6 is 0 Å². The second-order valence-electron chi connectivity index (χ2n) is 4.24. The largest absolute Gasteiger partial charge is 0.493 e. The number of hydrogen-bond donors (Lipinski definition) is 1. The van der Waals surface area contributed by atoms with E-state index in [0.717, 1.165) is 18.6 Å². The van der Waals surface area contributed by atoms with Gasteiger partial charge in [0.1, 0.15) is 0 Å². The summed E-state index contributed by atoms with van der Waals surface area (Å²) in [4.78, 5) is 22.1. The van der Waals surface area contributed by atoms with Crippen LogP contribution in [0.4, 0.5) is 0 Å². The van der Waals surface area contributed by atoms with Crippen LogP contribution in [0.2, 0.25) is 0 Å². The molecule has 1 aromatic carbocycles. The molecule has 0 amide bonds. The summed E-state index contributed by atoms with van der Waals surface area (Å²) in [6.07, 6.45) is 2.70. The summed E-state index contributed by atoms with van der Waals surface area (Å²) in [5, 5.41) is 8.50. The normalized spacial score (nSPS) is 12.2. The Morgan fingerprint density at radius 1 is 1.30 bits per heavy atom. The van der Waals surface area contributed by atoms with Crippen molar-refractivity contribution in [3.05, 3.63) is 35.9 Å². The van der Waals surface area contributed by atoms with Crippen LogP contribution in [0.25, 0.3) is 0 Å². The SMILES string of the molecule is CCC(C)Oc1ccc(C(=O)C=CC(=O)O)cc1OC. The lowest BCUT2D eigenvalue weighted by atomic mass is 10.1. The number of carboxylic acids is 1. The van der Waals surface area contributed by atoms with Gasteiger partial charge in [0, 0.05) is 11.6 Å². The monoisotopic (exact) mass is 278 g/mol. The second-order valence-corrected chi connectivity index (χ2v) is 4.24. The Morgan fingerprint density at radius 2 is 2.00 bits per heavy atom. The lowest BCUT2D eigenvalue weighted by Crippen LogP contribution is -2.10. The minimum absolute atomic E-state index is 0.0392. The van der Waals surface area contributed by atoms with E-state index in [0.29, 0.717) is 17.1 Å². The zero-order valence-corrected chi connectivity index (χ0v) is 11.8. The fraction of sp³-hybridized carbons (Fsp3) is 0.333. The molecule has 5 nitrogen and oxygen atoms in total. The van der Waals surface area contributed by atoms with Crippen LogP contribution in [0.5, 0.6) is 11.5 Å². The number of carbonyl (C=O) groups is 2. The molecule has 0 aliphatic heterocycles. The molecule has 20 heavy (non-hydrogen) atoms. The molecular formula is C15H18O5. The maximum Gasteiger partial charge on any atom is 0.328 e. The van der Waals surface area contributed by atoms with Gasteiger partial charge >= 0.3 is 5.97 Å². The first-order chi connectivity index (χ1) is 9.47. The van der Waals surface area contributed by atoms with E-state index in [4.69, 9.17) is 14.6 Å². The Hall–Kier alpha value is -2.30. The Kier molecular flexibility index (Phi) is 5.77. The number of methoxy groups -OCH3 is 1. The molecule has 0 aromatic heterocycles. The van der Waals surface area contributed by atoms with Crippen molar-refractivity contribution in [1.29, 1.82) is 0 Å². The van der Waals surface area contributed by atoms with Gasteiger partial charge in [-0.25, -0.2) is 4.79 Å². The molecule has 1 aromatic rings. The maximum atomic E-state index is 11.8. The van der Waals surface area contributed by atoms with Crippen LogP contribution in [0.1, 0.15) is 30.6 Å². The Bertz CT molecular complexity index is 519. The van der Waals surface area contributed by atoms with E-state index >= 15 is 0 Å². The Balaban J connectivity index is 2.97. The lowest BCUT2D eigenvalue weighted by molar-refractivity contribution is -0.131. The van der Waals surface area contributed by atoms with Gasteiger partial charge in [0.25, 0.3) is 0 Å². The van der Waals surface area contributed by atoms with Crippen molar-refractivity contribution < 1.29 is 24.2 Å². The fourth-order valence-electron chi connectivity index (χ4n) is 1.46. The van der Waals surface area contributed by atoms with E-state index in [1.807, 2.05) is 13.8 Å². The zero-order valence-electron chi connectivity index (χ0n) is 11.8. The molecule has 0 fully saturated rings. The minimum Gasteiger partial charge on any atom is -0.493 e. The summed E-state index contributed by atoms with van der Waals surface area (Å²) in [5.74, 6) is -0.566. The summed E-state index contributed by atoms with van der Waals surface area (Å²) >= 11 is 0. The highest BCUT2D eigenvalue weighted by molar-refractivity contribution is 6.07. The van der Waals surface area contributed by atoms with Gasteiger partial charge in [-0.1, -0.05) is 6.92 Å². The van der Waals surface area contributed by atoms with Crippen molar-refractivity contribution in [2.75, 3.05) is 7.11 Å². The van der Waals surface area contributed by atoms with Gasteiger partial charge < -0.3 is 14.6 Å². The third-order valence-electron chi connectivity index (χ3n) is 2.73. The fourth-order valence-corrected chi connectivity index (χ4v) is 1.46. The molecule has 0 saturated carbocycles. The number of allylic oxidation sites excluding steroid dienone is 1. The summed E-state index contributed by atoms with van der Waals surface area (Å²) < 4.78 is 10.9. The van der Waals surface area contributed by atoms with Gasteiger partial charge in [-0.3, -0.25) is 4.79 Å². The highest BCUT2D eigenvalue weighted by atomic mass is 16.5. The summed E-state index contributed by atoms with van der Waals surface area (Å²) in [7, 11) is 1.49. The number of rotatable bonds is 7. The van der Waals surface area contributed by atoms with Crippen molar-refractivity contribution in [2.24, 2.45) is 0 Å². The third-order valence-corrected chi connectivity index (χ3v) is 2.73.